The van der Waals surface area contributed by atoms with Crippen LogP contribution < -0.4 is 4.74 Å². The molecule has 1 heterocycles. The lowest BCUT2D eigenvalue weighted by atomic mass is 9.93. The van der Waals surface area contributed by atoms with Crippen molar-refractivity contribution in [2.75, 3.05) is 14.2 Å². The fraction of sp³-hybridized carbons (Fsp3) is 0.0455. The SMILES string of the molecule is COC(=O)c1ccc(-c2ccc3c4c(ccc3c2)Oc2ccc3cc(-c5ccc(C(=O)OC)c6ccccc56)ccc3c2S4)c2ccccc12. The topological polar surface area (TPSA) is 61.8 Å². The van der Waals surface area contributed by atoms with Gasteiger partial charge in [0.05, 0.1) is 35.1 Å². The van der Waals surface area contributed by atoms with Crippen molar-refractivity contribution < 1.29 is 23.8 Å². The lowest BCUT2D eigenvalue weighted by Gasteiger charge is -2.23. The van der Waals surface area contributed by atoms with E-state index in [0.717, 1.165) is 86.6 Å². The summed E-state index contributed by atoms with van der Waals surface area (Å²) in [5, 5.41) is 8.16. The zero-order valence-corrected chi connectivity index (χ0v) is 28.0. The van der Waals surface area contributed by atoms with Gasteiger partial charge in [-0.1, -0.05) is 109 Å². The van der Waals surface area contributed by atoms with Crippen molar-refractivity contribution in [3.8, 4) is 33.8 Å². The van der Waals surface area contributed by atoms with E-state index in [4.69, 9.17) is 14.2 Å². The van der Waals surface area contributed by atoms with Gasteiger partial charge in [0.1, 0.15) is 11.5 Å². The number of fused-ring (bicyclic) bond motifs is 8. The van der Waals surface area contributed by atoms with Crippen LogP contribution in [0.4, 0.5) is 0 Å². The van der Waals surface area contributed by atoms with Crippen LogP contribution in [0.5, 0.6) is 11.5 Å². The highest BCUT2D eigenvalue weighted by Gasteiger charge is 2.23. The molecule has 9 rings (SSSR count). The molecule has 0 bridgehead atoms. The van der Waals surface area contributed by atoms with Crippen molar-refractivity contribution in [3.63, 3.8) is 0 Å². The second kappa shape index (κ2) is 11.8. The number of carbonyl (C=O) groups excluding carboxylic acids is 2. The second-order valence-corrected chi connectivity index (χ2v) is 13.3. The van der Waals surface area contributed by atoms with Crippen molar-refractivity contribution in [2.45, 2.75) is 9.79 Å². The van der Waals surface area contributed by atoms with Crippen molar-refractivity contribution in [2.24, 2.45) is 0 Å². The van der Waals surface area contributed by atoms with E-state index in [9.17, 15) is 9.59 Å². The quantitative estimate of drug-likeness (QED) is 0.174. The molecule has 8 aromatic carbocycles. The van der Waals surface area contributed by atoms with Crippen LogP contribution in [0.3, 0.4) is 0 Å². The van der Waals surface area contributed by atoms with E-state index in [-0.39, 0.29) is 11.9 Å². The van der Waals surface area contributed by atoms with Gasteiger partial charge in [-0.05, 0) is 102 Å². The highest BCUT2D eigenvalue weighted by molar-refractivity contribution is 8.00. The number of hydrogen-bond donors (Lipinski definition) is 0. The Kier molecular flexibility index (Phi) is 7.07. The number of benzene rings is 8. The smallest absolute Gasteiger partial charge is 0.338 e. The maximum atomic E-state index is 12.5. The second-order valence-electron chi connectivity index (χ2n) is 12.3. The lowest BCUT2D eigenvalue weighted by Crippen LogP contribution is -2.02. The summed E-state index contributed by atoms with van der Waals surface area (Å²) in [7, 11) is 2.82. The molecule has 50 heavy (non-hydrogen) atoms. The van der Waals surface area contributed by atoms with Crippen LogP contribution in [0.25, 0.3) is 65.3 Å². The summed E-state index contributed by atoms with van der Waals surface area (Å²) < 4.78 is 16.6. The molecule has 240 valence electrons. The van der Waals surface area contributed by atoms with E-state index >= 15 is 0 Å². The van der Waals surface area contributed by atoms with Crippen molar-refractivity contribution in [3.05, 3.63) is 145 Å². The number of hydrogen-bond acceptors (Lipinski definition) is 6. The van der Waals surface area contributed by atoms with E-state index in [1.165, 1.54) is 14.2 Å². The van der Waals surface area contributed by atoms with Crippen molar-refractivity contribution >= 4 is 66.8 Å². The van der Waals surface area contributed by atoms with Gasteiger partial charge in [0.2, 0.25) is 0 Å². The van der Waals surface area contributed by atoms with Crippen molar-refractivity contribution in [1.82, 2.24) is 0 Å². The molecular weight excluding hydrogens is 641 g/mol. The molecule has 0 unspecified atom stereocenters. The van der Waals surface area contributed by atoms with Gasteiger partial charge < -0.3 is 14.2 Å². The molecule has 1 aliphatic rings. The highest BCUT2D eigenvalue weighted by Crippen LogP contribution is 2.53. The first-order valence-corrected chi connectivity index (χ1v) is 17.0. The molecule has 0 spiro atoms. The molecule has 0 saturated heterocycles. The molecule has 0 saturated carbocycles. The maximum absolute atomic E-state index is 12.5. The lowest BCUT2D eigenvalue weighted by molar-refractivity contribution is 0.0594. The van der Waals surface area contributed by atoms with Gasteiger partial charge in [-0.25, -0.2) is 9.59 Å². The Morgan fingerprint density at radius 3 is 1.36 bits per heavy atom. The highest BCUT2D eigenvalue weighted by atomic mass is 32.2. The van der Waals surface area contributed by atoms with Crippen LogP contribution in [0, 0.1) is 0 Å². The fourth-order valence-electron chi connectivity index (χ4n) is 7.17. The van der Waals surface area contributed by atoms with E-state index in [0.29, 0.717) is 11.1 Å². The number of methoxy groups -OCH3 is 2. The molecule has 0 N–H and O–H groups in total. The Morgan fingerprint density at radius 1 is 0.480 bits per heavy atom. The third-order valence-corrected chi connectivity index (χ3v) is 10.8. The zero-order valence-electron chi connectivity index (χ0n) is 27.2. The Hall–Kier alpha value is -6.11. The van der Waals surface area contributed by atoms with Crippen LogP contribution in [0.1, 0.15) is 20.7 Å². The van der Waals surface area contributed by atoms with Crippen molar-refractivity contribution in [1.29, 1.82) is 0 Å². The average molecular weight is 669 g/mol. The predicted molar refractivity (Wildman–Crippen MR) is 201 cm³/mol. The van der Waals surface area contributed by atoms with Gasteiger partial charge in [-0.3, -0.25) is 0 Å². The van der Waals surface area contributed by atoms with Gasteiger partial charge in [-0.15, -0.1) is 0 Å². The summed E-state index contributed by atoms with van der Waals surface area (Å²) in [5.41, 5.74) is 5.35. The van der Waals surface area contributed by atoms with Crippen LogP contribution in [-0.4, -0.2) is 26.2 Å². The van der Waals surface area contributed by atoms with E-state index in [1.54, 1.807) is 11.8 Å². The predicted octanol–water partition coefficient (Wildman–Crippen LogP) is 11.5. The van der Waals surface area contributed by atoms with Gasteiger partial charge in [-0.2, -0.15) is 0 Å². The summed E-state index contributed by atoms with van der Waals surface area (Å²) in [5.74, 6) is 0.982. The monoisotopic (exact) mass is 668 g/mol. The summed E-state index contributed by atoms with van der Waals surface area (Å²) in [6.07, 6.45) is 0. The van der Waals surface area contributed by atoms with Gasteiger partial charge in [0.25, 0.3) is 0 Å². The third-order valence-electron chi connectivity index (χ3n) is 9.57. The van der Waals surface area contributed by atoms with Gasteiger partial charge >= 0.3 is 11.9 Å². The molecule has 0 atom stereocenters. The number of ether oxygens (including phenoxy) is 3. The molecule has 1 aliphatic heterocycles. The maximum Gasteiger partial charge on any atom is 0.338 e. The Bertz CT molecular complexity index is 2540. The van der Waals surface area contributed by atoms with Crippen LogP contribution in [0.2, 0.25) is 0 Å². The first-order valence-electron chi connectivity index (χ1n) is 16.2. The van der Waals surface area contributed by atoms with Crippen LogP contribution in [0.15, 0.2) is 143 Å². The summed E-state index contributed by atoms with van der Waals surface area (Å²) in [4.78, 5) is 27.1. The average Bonchev–Trinajstić information content (AvgIpc) is 3.18. The van der Waals surface area contributed by atoms with E-state index in [2.05, 4.69) is 48.5 Å². The third kappa shape index (κ3) is 4.71. The first-order chi connectivity index (χ1) is 24.5. The minimum absolute atomic E-state index is 0.346. The Balaban J connectivity index is 1.11. The van der Waals surface area contributed by atoms with Gasteiger partial charge in [0.15, 0.2) is 0 Å². The standard InChI is InChI=1S/C44H28O5S/c1-47-43(45)37-19-17-29(33-7-3-5-9-35(33)37)25-11-15-31-27(23-25)13-21-39-41(31)50-42-32-16-12-26(24-28(32)14-22-40(42)49-39)30-18-20-38(44(46)48-2)36-10-6-4-8-34(30)36/h3-24H,1-2H3. The Morgan fingerprint density at radius 2 is 0.920 bits per heavy atom. The number of carbonyl (C=O) groups is 2. The molecule has 0 aliphatic carbocycles. The van der Waals surface area contributed by atoms with E-state index in [1.807, 2.05) is 84.9 Å². The molecule has 8 aromatic rings. The molecule has 0 radical (unpaired) electrons. The molecule has 6 heteroatoms. The fourth-order valence-corrected chi connectivity index (χ4v) is 8.38. The van der Waals surface area contributed by atoms with Gasteiger partial charge in [0, 0.05) is 0 Å². The van der Waals surface area contributed by atoms with Crippen LogP contribution >= 0.6 is 11.8 Å². The summed E-state index contributed by atoms with van der Waals surface area (Å²) >= 11 is 1.74. The summed E-state index contributed by atoms with van der Waals surface area (Å²) in [6.45, 7) is 0. The first kappa shape index (κ1) is 30.0. The molecular formula is C44H28O5S. The van der Waals surface area contributed by atoms with Crippen LogP contribution in [-0.2, 0) is 9.47 Å². The Labute approximate surface area is 292 Å². The minimum atomic E-state index is -0.346. The molecule has 0 aromatic heterocycles. The number of rotatable bonds is 4. The normalized spacial score (nSPS) is 12.0. The minimum Gasteiger partial charge on any atom is -0.465 e. The largest absolute Gasteiger partial charge is 0.465 e. The van der Waals surface area contributed by atoms with E-state index < -0.39 is 0 Å². The molecule has 0 amide bonds. The molecule has 5 nitrogen and oxygen atoms in total. The zero-order chi connectivity index (χ0) is 33.9. The number of esters is 2. The molecule has 0 fully saturated rings. The summed E-state index contributed by atoms with van der Waals surface area (Å²) in [6, 6.07) is 44.9.